The highest BCUT2D eigenvalue weighted by Gasteiger charge is 2.24. The lowest BCUT2D eigenvalue weighted by molar-refractivity contribution is 0.252. The molecule has 88 valence electrons. The molecule has 2 heteroatoms. The highest BCUT2D eigenvalue weighted by Crippen LogP contribution is 2.30. The molecular weight excluding hydrogens is 198 g/mol. The van der Waals surface area contributed by atoms with E-state index in [2.05, 4.69) is 11.8 Å². The molecule has 0 bridgehead atoms. The molecule has 1 fully saturated rings. The zero-order valence-corrected chi connectivity index (χ0v) is 10.0. The summed E-state index contributed by atoms with van der Waals surface area (Å²) in [6, 6.07) is 7.67. The van der Waals surface area contributed by atoms with E-state index in [9.17, 15) is 5.11 Å². The Morgan fingerprint density at radius 1 is 1.31 bits per heavy atom. The normalized spacial score (nSPS) is 15.6. The highest BCUT2D eigenvalue weighted by molar-refractivity contribution is 5.31. The summed E-state index contributed by atoms with van der Waals surface area (Å²) >= 11 is 0. The van der Waals surface area contributed by atoms with Crippen molar-refractivity contribution in [1.29, 1.82) is 0 Å². The van der Waals surface area contributed by atoms with E-state index in [0.717, 1.165) is 24.6 Å². The number of hydrogen-bond donors (Lipinski definition) is 1. The van der Waals surface area contributed by atoms with Crippen LogP contribution in [0.4, 0.5) is 0 Å². The molecule has 1 N–H and O–H groups in total. The molecule has 0 aromatic heterocycles. The van der Waals surface area contributed by atoms with E-state index in [-0.39, 0.29) is 0 Å². The van der Waals surface area contributed by atoms with Gasteiger partial charge in [-0.15, -0.1) is 0 Å². The van der Waals surface area contributed by atoms with Crippen molar-refractivity contribution in [3.05, 3.63) is 29.8 Å². The molecule has 0 atom stereocenters. The Hall–Kier alpha value is -1.02. The van der Waals surface area contributed by atoms with Crippen LogP contribution in [0.2, 0.25) is 0 Å². The number of rotatable bonds is 6. The van der Waals surface area contributed by atoms with E-state index in [4.69, 9.17) is 0 Å². The predicted molar refractivity (Wildman–Crippen MR) is 66.4 cm³/mol. The summed E-state index contributed by atoms with van der Waals surface area (Å²) in [4.78, 5) is 2.46. The van der Waals surface area contributed by atoms with Crippen LogP contribution in [-0.2, 0) is 6.54 Å². The Morgan fingerprint density at radius 2 is 2.06 bits per heavy atom. The van der Waals surface area contributed by atoms with Gasteiger partial charge in [0.25, 0.3) is 0 Å². The number of hydrogen-bond acceptors (Lipinski definition) is 2. The molecule has 2 rings (SSSR count). The van der Waals surface area contributed by atoms with E-state index in [1.807, 2.05) is 18.2 Å². The molecule has 1 aromatic rings. The fraction of sp³-hybridized carbons (Fsp3) is 0.571. The first-order valence-corrected chi connectivity index (χ1v) is 6.29. The van der Waals surface area contributed by atoms with Gasteiger partial charge in [0.2, 0.25) is 0 Å². The van der Waals surface area contributed by atoms with Crippen LogP contribution in [0.15, 0.2) is 24.3 Å². The van der Waals surface area contributed by atoms with Gasteiger partial charge in [-0.05, 0) is 37.8 Å². The number of phenols is 1. The van der Waals surface area contributed by atoms with Gasteiger partial charge in [0, 0.05) is 18.7 Å². The van der Waals surface area contributed by atoms with Crippen LogP contribution in [0, 0.1) is 5.92 Å². The monoisotopic (exact) mass is 219 g/mol. The highest BCUT2D eigenvalue weighted by atomic mass is 16.3. The third-order valence-electron chi connectivity index (χ3n) is 3.14. The van der Waals surface area contributed by atoms with Crippen LogP contribution in [0.3, 0.4) is 0 Å². The van der Waals surface area contributed by atoms with Crippen LogP contribution in [0.5, 0.6) is 5.75 Å². The Balaban J connectivity index is 1.95. The fourth-order valence-electron chi connectivity index (χ4n) is 2.10. The summed E-state index contributed by atoms with van der Waals surface area (Å²) in [7, 11) is 0. The molecule has 1 aliphatic carbocycles. The second kappa shape index (κ2) is 5.35. The van der Waals surface area contributed by atoms with Gasteiger partial charge in [0.15, 0.2) is 0 Å². The quantitative estimate of drug-likeness (QED) is 0.795. The molecule has 0 amide bonds. The van der Waals surface area contributed by atoms with Crippen molar-refractivity contribution in [2.45, 2.75) is 32.7 Å². The predicted octanol–water partition coefficient (Wildman–Crippen LogP) is 3.01. The minimum atomic E-state index is 0.430. The van der Waals surface area contributed by atoms with E-state index in [0.29, 0.717) is 5.75 Å². The maximum Gasteiger partial charge on any atom is 0.120 e. The van der Waals surface area contributed by atoms with Crippen molar-refractivity contribution in [2.75, 3.05) is 13.1 Å². The molecule has 0 spiro atoms. The zero-order chi connectivity index (χ0) is 11.4. The molecule has 0 heterocycles. The van der Waals surface area contributed by atoms with E-state index >= 15 is 0 Å². The lowest BCUT2D eigenvalue weighted by Crippen LogP contribution is -2.26. The van der Waals surface area contributed by atoms with Crippen molar-refractivity contribution in [3.63, 3.8) is 0 Å². The summed E-state index contributed by atoms with van der Waals surface area (Å²) in [5.41, 5.74) is 1.05. The molecule has 1 aromatic carbocycles. The van der Waals surface area contributed by atoms with Gasteiger partial charge in [-0.1, -0.05) is 25.1 Å². The molecule has 1 saturated carbocycles. The van der Waals surface area contributed by atoms with Crippen molar-refractivity contribution in [2.24, 2.45) is 5.92 Å². The summed E-state index contributed by atoms with van der Waals surface area (Å²) in [5.74, 6) is 1.34. The van der Waals surface area contributed by atoms with E-state index in [1.165, 1.54) is 25.8 Å². The van der Waals surface area contributed by atoms with Gasteiger partial charge in [-0.2, -0.15) is 0 Å². The van der Waals surface area contributed by atoms with Crippen molar-refractivity contribution in [3.8, 4) is 5.75 Å². The standard InChI is InChI=1S/C14H21NO/c1-2-9-15(10-12-7-8-12)11-13-5-3-4-6-14(13)16/h3-6,12,16H,2,7-11H2,1H3. The summed E-state index contributed by atoms with van der Waals surface area (Å²) in [6.45, 7) is 5.43. The number of aromatic hydroxyl groups is 1. The molecule has 0 unspecified atom stereocenters. The molecule has 0 radical (unpaired) electrons. The third kappa shape index (κ3) is 3.24. The molecule has 1 aliphatic rings. The average molecular weight is 219 g/mol. The van der Waals surface area contributed by atoms with Crippen LogP contribution in [-0.4, -0.2) is 23.1 Å². The van der Waals surface area contributed by atoms with E-state index in [1.54, 1.807) is 6.07 Å². The second-order valence-electron chi connectivity index (χ2n) is 4.81. The minimum Gasteiger partial charge on any atom is -0.508 e. The maximum absolute atomic E-state index is 9.75. The third-order valence-corrected chi connectivity index (χ3v) is 3.14. The van der Waals surface area contributed by atoms with Crippen molar-refractivity contribution < 1.29 is 5.11 Å². The maximum atomic E-state index is 9.75. The topological polar surface area (TPSA) is 23.5 Å². The van der Waals surface area contributed by atoms with Crippen molar-refractivity contribution >= 4 is 0 Å². The van der Waals surface area contributed by atoms with Gasteiger partial charge in [-0.3, -0.25) is 4.90 Å². The molecule has 0 aliphatic heterocycles. The van der Waals surface area contributed by atoms with Gasteiger partial charge in [0.05, 0.1) is 0 Å². The minimum absolute atomic E-state index is 0.430. The zero-order valence-electron chi connectivity index (χ0n) is 10.0. The number of phenolic OH excluding ortho intramolecular Hbond substituents is 1. The largest absolute Gasteiger partial charge is 0.508 e. The van der Waals surface area contributed by atoms with Crippen LogP contribution < -0.4 is 0 Å². The molecular formula is C14H21NO. The Labute approximate surface area is 97.9 Å². The summed E-state index contributed by atoms with van der Waals surface area (Å²) in [5, 5.41) is 9.75. The van der Waals surface area contributed by atoms with E-state index < -0.39 is 0 Å². The van der Waals surface area contributed by atoms with Crippen LogP contribution in [0.25, 0.3) is 0 Å². The number of benzene rings is 1. The smallest absolute Gasteiger partial charge is 0.120 e. The molecule has 0 saturated heterocycles. The number of para-hydroxylation sites is 1. The molecule has 2 nitrogen and oxygen atoms in total. The van der Waals surface area contributed by atoms with Crippen LogP contribution in [0.1, 0.15) is 31.7 Å². The first-order valence-electron chi connectivity index (χ1n) is 6.29. The lowest BCUT2D eigenvalue weighted by atomic mass is 10.2. The Bertz CT molecular complexity index is 333. The van der Waals surface area contributed by atoms with Gasteiger partial charge < -0.3 is 5.11 Å². The second-order valence-corrected chi connectivity index (χ2v) is 4.81. The average Bonchev–Trinajstić information content (AvgIpc) is 3.06. The summed E-state index contributed by atoms with van der Waals surface area (Å²) < 4.78 is 0. The SMILES string of the molecule is CCCN(Cc1ccccc1O)CC1CC1. The van der Waals surface area contributed by atoms with Gasteiger partial charge in [0.1, 0.15) is 5.75 Å². The van der Waals surface area contributed by atoms with Gasteiger partial charge in [-0.25, -0.2) is 0 Å². The van der Waals surface area contributed by atoms with Crippen LogP contribution >= 0.6 is 0 Å². The fourth-order valence-corrected chi connectivity index (χ4v) is 2.10. The summed E-state index contributed by atoms with van der Waals surface area (Å²) in [6.07, 6.45) is 3.96. The Morgan fingerprint density at radius 3 is 2.69 bits per heavy atom. The Kier molecular flexibility index (Phi) is 3.83. The molecule has 16 heavy (non-hydrogen) atoms. The van der Waals surface area contributed by atoms with Crippen molar-refractivity contribution in [1.82, 2.24) is 4.90 Å². The first-order chi connectivity index (χ1) is 7.79. The first kappa shape index (κ1) is 11.5. The number of nitrogens with zero attached hydrogens (tertiary/aromatic N) is 1. The lowest BCUT2D eigenvalue weighted by Gasteiger charge is -2.22. The van der Waals surface area contributed by atoms with Gasteiger partial charge >= 0.3 is 0 Å².